The van der Waals surface area contributed by atoms with E-state index < -0.39 is 0 Å². The van der Waals surface area contributed by atoms with Crippen molar-refractivity contribution in [2.75, 3.05) is 11.9 Å². The molecule has 1 aromatic carbocycles. The molecule has 0 aliphatic carbocycles. The molecule has 20 heavy (non-hydrogen) atoms. The fourth-order valence-electron chi connectivity index (χ4n) is 2.20. The number of esters is 1. The second kappa shape index (κ2) is 9.40. The van der Waals surface area contributed by atoms with Crippen LogP contribution in [0.2, 0.25) is 0 Å². The van der Waals surface area contributed by atoms with Crippen molar-refractivity contribution >= 4 is 11.7 Å². The second-order valence-electron chi connectivity index (χ2n) is 5.17. The van der Waals surface area contributed by atoms with E-state index in [2.05, 4.69) is 18.3 Å². The van der Waals surface area contributed by atoms with Crippen LogP contribution in [0.25, 0.3) is 0 Å². The summed E-state index contributed by atoms with van der Waals surface area (Å²) in [6.45, 7) is 6.51. The highest BCUT2D eigenvalue weighted by molar-refractivity contribution is 5.79. The van der Waals surface area contributed by atoms with Crippen molar-refractivity contribution in [3.63, 3.8) is 0 Å². The molecule has 0 spiro atoms. The van der Waals surface area contributed by atoms with Crippen LogP contribution < -0.4 is 5.32 Å². The maximum absolute atomic E-state index is 12.0. The molecule has 0 saturated heterocycles. The highest BCUT2D eigenvalue weighted by atomic mass is 16.5. The number of rotatable bonds is 9. The zero-order chi connectivity index (χ0) is 14.8. The van der Waals surface area contributed by atoms with Crippen molar-refractivity contribution in [3.8, 4) is 0 Å². The molecule has 0 aliphatic rings. The fourth-order valence-corrected chi connectivity index (χ4v) is 2.20. The molecule has 0 amide bonds. The van der Waals surface area contributed by atoms with Gasteiger partial charge in [-0.05, 0) is 38.0 Å². The van der Waals surface area contributed by atoms with Gasteiger partial charge in [-0.2, -0.15) is 0 Å². The summed E-state index contributed by atoms with van der Waals surface area (Å²) in [6, 6.07) is 7.85. The van der Waals surface area contributed by atoms with Gasteiger partial charge in [0.2, 0.25) is 0 Å². The monoisotopic (exact) mass is 277 g/mol. The molecule has 1 atom stereocenters. The Balaban J connectivity index is 2.59. The van der Waals surface area contributed by atoms with Gasteiger partial charge in [-0.1, -0.05) is 44.7 Å². The summed E-state index contributed by atoms with van der Waals surface area (Å²) < 4.78 is 5.16. The topological polar surface area (TPSA) is 38.3 Å². The third kappa shape index (κ3) is 6.09. The number of nitrogens with one attached hydrogen (secondary N) is 1. The Morgan fingerprint density at radius 1 is 1.25 bits per heavy atom. The van der Waals surface area contributed by atoms with Gasteiger partial charge in [0.05, 0.1) is 6.61 Å². The van der Waals surface area contributed by atoms with Crippen LogP contribution in [0, 0.1) is 6.92 Å². The van der Waals surface area contributed by atoms with Crippen molar-refractivity contribution < 1.29 is 9.53 Å². The molecule has 3 heteroatoms. The van der Waals surface area contributed by atoms with E-state index in [0.717, 1.165) is 18.5 Å². The van der Waals surface area contributed by atoms with E-state index in [4.69, 9.17) is 4.74 Å². The molecule has 0 aromatic heterocycles. The largest absolute Gasteiger partial charge is 0.464 e. The van der Waals surface area contributed by atoms with Crippen molar-refractivity contribution in [2.24, 2.45) is 0 Å². The van der Waals surface area contributed by atoms with Crippen molar-refractivity contribution in [3.05, 3.63) is 29.8 Å². The Morgan fingerprint density at radius 2 is 2.05 bits per heavy atom. The third-order valence-electron chi connectivity index (χ3n) is 3.28. The summed E-state index contributed by atoms with van der Waals surface area (Å²) in [4.78, 5) is 12.0. The van der Waals surface area contributed by atoms with Gasteiger partial charge in [0, 0.05) is 5.69 Å². The highest BCUT2D eigenvalue weighted by Crippen LogP contribution is 2.15. The molecule has 0 heterocycles. The summed E-state index contributed by atoms with van der Waals surface area (Å²) >= 11 is 0. The van der Waals surface area contributed by atoms with Crippen LogP contribution in [0.1, 0.15) is 51.5 Å². The van der Waals surface area contributed by atoms with Crippen molar-refractivity contribution in [1.82, 2.24) is 0 Å². The quantitative estimate of drug-likeness (QED) is 0.540. The van der Waals surface area contributed by atoms with E-state index >= 15 is 0 Å². The number of anilines is 1. The number of hydrogen-bond donors (Lipinski definition) is 1. The lowest BCUT2D eigenvalue weighted by molar-refractivity contribution is -0.144. The molecule has 0 fully saturated rings. The lowest BCUT2D eigenvalue weighted by Gasteiger charge is -2.18. The van der Waals surface area contributed by atoms with Crippen LogP contribution in [0.4, 0.5) is 5.69 Å². The molecule has 1 N–H and O–H groups in total. The smallest absolute Gasteiger partial charge is 0.328 e. The molecule has 3 nitrogen and oxygen atoms in total. The van der Waals surface area contributed by atoms with Gasteiger partial charge in [-0.25, -0.2) is 4.79 Å². The predicted octanol–water partition coefficient (Wildman–Crippen LogP) is 4.31. The van der Waals surface area contributed by atoms with Crippen molar-refractivity contribution in [2.45, 2.75) is 58.9 Å². The van der Waals surface area contributed by atoms with E-state index in [1.165, 1.54) is 24.8 Å². The molecular formula is C17H27NO2. The zero-order valence-electron chi connectivity index (χ0n) is 12.9. The Hall–Kier alpha value is -1.51. The lowest BCUT2D eigenvalue weighted by atomic mass is 10.1. The van der Waals surface area contributed by atoms with Gasteiger partial charge in [0.25, 0.3) is 0 Å². The van der Waals surface area contributed by atoms with Gasteiger partial charge in [0.1, 0.15) is 6.04 Å². The number of benzene rings is 1. The molecule has 0 bridgehead atoms. The van der Waals surface area contributed by atoms with Crippen LogP contribution in [0.15, 0.2) is 24.3 Å². The zero-order valence-corrected chi connectivity index (χ0v) is 12.9. The van der Waals surface area contributed by atoms with Gasteiger partial charge in [-0.3, -0.25) is 0 Å². The number of unbranched alkanes of at least 4 members (excludes halogenated alkanes) is 3. The molecule has 0 aliphatic heterocycles. The first-order chi connectivity index (χ1) is 9.67. The predicted molar refractivity (Wildman–Crippen MR) is 84.0 cm³/mol. The van der Waals surface area contributed by atoms with Crippen LogP contribution in [0.5, 0.6) is 0 Å². The van der Waals surface area contributed by atoms with E-state index in [-0.39, 0.29) is 12.0 Å². The van der Waals surface area contributed by atoms with Crippen molar-refractivity contribution in [1.29, 1.82) is 0 Å². The van der Waals surface area contributed by atoms with Crippen LogP contribution in [-0.2, 0) is 9.53 Å². The van der Waals surface area contributed by atoms with Gasteiger partial charge in [0.15, 0.2) is 0 Å². The normalized spacial score (nSPS) is 11.9. The van der Waals surface area contributed by atoms with E-state index in [0.29, 0.717) is 6.61 Å². The second-order valence-corrected chi connectivity index (χ2v) is 5.17. The Morgan fingerprint density at radius 3 is 2.70 bits per heavy atom. The van der Waals surface area contributed by atoms with Crippen LogP contribution in [0.3, 0.4) is 0 Å². The van der Waals surface area contributed by atoms with E-state index in [1.807, 2.05) is 32.0 Å². The first-order valence-electron chi connectivity index (χ1n) is 7.67. The minimum Gasteiger partial charge on any atom is -0.464 e. The summed E-state index contributed by atoms with van der Waals surface area (Å²) in [5, 5.41) is 3.31. The fraction of sp³-hybridized carbons (Fsp3) is 0.588. The number of hydrogen-bond acceptors (Lipinski definition) is 3. The van der Waals surface area contributed by atoms with E-state index in [1.54, 1.807) is 0 Å². The summed E-state index contributed by atoms with van der Waals surface area (Å²) in [5.41, 5.74) is 2.17. The minimum absolute atomic E-state index is 0.148. The maximum atomic E-state index is 12.0. The average Bonchev–Trinajstić information content (AvgIpc) is 2.42. The standard InChI is InChI=1S/C17H27NO2/c1-4-6-7-8-12-16(17(19)20-5-2)18-15-11-9-10-14(3)13-15/h9-11,13,16,18H,4-8,12H2,1-3H3. The number of aryl methyl sites for hydroxylation is 1. The molecule has 1 rings (SSSR count). The number of carbonyl (C=O) groups is 1. The Bertz CT molecular complexity index is 404. The molecular weight excluding hydrogens is 250 g/mol. The van der Waals surface area contributed by atoms with Gasteiger partial charge < -0.3 is 10.1 Å². The average molecular weight is 277 g/mol. The minimum atomic E-state index is -0.242. The summed E-state index contributed by atoms with van der Waals surface area (Å²) in [6.07, 6.45) is 5.47. The molecule has 1 aromatic rings. The summed E-state index contributed by atoms with van der Waals surface area (Å²) in [5.74, 6) is -0.148. The van der Waals surface area contributed by atoms with Gasteiger partial charge >= 0.3 is 5.97 Å². The maximum Gasteiger partial charge on any atom is 0.328 e. The number of ether oxygens (including phenoxy) is 1. The van der Waals surface area contributed by atoms with E-state index in [9.17, 15) is 4.79 Å². The summed E-state index contributed by atoms with van der Waals surface area (Å²) in [7, 11) is 0. The highest BCUT2D eigenvalue weighted by Gasteiger charge is 2.19. The lowest BCUT2D eigenvalue weighted by Crippen LogP contribution is -2.31. The molecule has 1 unspecified atom stereocenters. The van der Waals surface area contributed by atoms with Gasteiger partial charge in [-0.15, -0.1) is 0 Å². The first kappa shape index (κ1) is 16.5. The Labute approximate surface area is 122 Å². The Kier molecular flexibility index (Phi) is 7.78. The third-order valence-corrected chi connectivity index (χ3v) is 3.28. The molecule has 0 radical (unpaired) electrons. The van der Waals surface area contributed by atoms with Crippen LogP contribution in [-0.4, -0.2) is 18.6 Å². The number of carbonyl (C=O) groups excluding carboxylic acids is 1. The first-order valence-corrected chi connectivity index (χ1v) is 7.67. The molecule has 0 saturated carbocycles. The molecule has 112 valence electrons. The SMILES string of the molecule is CCCCCCC(Nc1cccc(C)c1)C(=O)OCC. The van der Waals surface area contributed by atoms with Crippen LogP contribution >= 0.6 is 0 Å².